The van der Waals surface area contributed by atoms with E-state index in [1.165, 1.54) is 0 Å². The Kier molecular flexibility index (Phi) is 3.69. The van der Waals surface area contributed by atoms with Crippen molar-refractivity contribution in [3.63, 3.8) is 0 Å². The summed E-state index contributed by atoms with van der Waals surface area (Å²) in [4.78, 5) is 5.03. The normalized spacial score (nSPS) is 10.1. The molecule has 14 heavy (non-hydrogen) atoms. The first-order valence-corrected chi connectivity index (χ1v) is 4.60. The van der Waals surface area contributed by atoms with Gasteiger partial charge in [-0.2, -0.15) is 10.7 Å². The molecule has 1 N–H and O–H groups in total. The van der Waals surface area contributed by atoms with Crippen molar-refractivity contribution in [1.29, 1.82) is 5.26 Å². The SMILES string of the molecule is CCONCc1cc(C#N)n(C)c1C. The number of hydrogen-bond acceptors (Lipinski definition) is 3. The van der Waals surface area contributed by atoms with Gasteiger partial charge in [-0.15, -0.1) is 0 Å². The van der Waals surface area contributed by atoms with Gasteiger partial charge in [0, 0.05) is 19.3 Å². The molecule has 0 radical (unpaired) electrons. The number of hydrogen-bond donors (Lipinski definition) is 1. The topological polar surface area (TPSA) is 50.0 Å². The first kappa shape index (κ1) is 10.8. The second kappa shape index (κ2) is 4.80. The van der Waals surface area contributed by atoms with Gasteiger partial charge in [-0.1, -0.05) is 0 Å². The highest BCUT2D eigenvalue weighted by Crippen LogP contribution is 2.12. The zero-order chi connectivity index (χ0) is 10.6. The molecule has 1 heterocycles. The van der Waals surface area contributed by atoms with E-state index in [1.807, 2.05) is 31.5 Å². The highest BCUT2D eigenvalue weighted by molar-refractivity contribution is 5.33. The molecule has 4 nitrogen and oxygen atoms in total. The van der Waals surface area contributed by atoms with Crippen LogP contribution in [0.15, 0.2) is 6.07 Å². The van der Waals surface area contributed by atoms with Crippen LogP contribution < -0.4 is 5.48 Å². The summed E-state index contributed by atoms with van der Waals surface area (Å²) in [5.41, 5.74) is 5.70. The van der Waals surface area contributed by atoms with Gasteiger partial charge in [0.05, 0.1) is 6.61 Å². The van der Waals surface area contributed by atoms with Crippen LogP contribution in [0, 0.1) is 18.3 Å². The molecule has 1 rings (SSSR count). The summed E-state index contributed by atoms with van der Waals surface area (Å²) in [5, 5.41) is 8.81. The molecule has 0 bridgehead atoms. The fourth-order valence-electron chi connectivity index (χ4n) is 1.28. The zero-order valence-electron chi connectivity index (χ0n) is 8.79. The van der Waals surface area contributed by atoms with E-state index in [1.54, 1.807) is 0 Å². The fraction of sp³-hybridized carbons (Fsp3) is 0.500. The number of rotatable bonds is 4. The first-order chi connectivity index (χ1) is 6.70. The smallest absolute Gasteiger partial charge is 0.120 e. The van der Waals surface area contributed by atoms with Gasteiger partial charge >= 0.3 is 0 Å². The van der Waals surface area contributed by atoms with Crippen molar-refractivity contribution in [1.82, 2.24) is 10.0 Å². The maximum atomic E-state index is 8.81. The molecule has 0 amide bonds. The molecule has 0 aliphatic heterocycles. The van der Waals surface area contributed by atoms with E-state index >= 15 is 0 Å². The lowest BCUT2D eigenvalue weighted by molar-refractivity contribution is 0.0462. The number of aromatic nitrogens is 1. The Bertz CT molecular complexity index is 349. The van der Waals surface area contributed by atoms with Crippen LogP contribution in [0.2, 0.25) is 0 Å². The lowest BCUT2D eigenvalue weighted by Gasteiger charge is -2.03. The van der Waals surface area contributed by atoms with Crippen LogP contribution in [0.1, 0.15) is 23.9 Å². The van der Waals surface area contributed by atoms with Crippen molar-refractivity contribution >= 4 is 0 Å². The number of nitriles is 1. The van der Waals surface area contributed by atoms with Gasteiger partial charge in [0.25, 0.3) is 0 Å². The fourth-order valence-corrected chi connectivity index (χ4v) is 1.28. The Morgan fingerprint density at radius 2 is 2.36 bits per heavy atom. The molecule has 0 saturated carbocycles. The van der Waals surface area contributed by atoms with E-state index < -0.39 is 0 Å². The maximum Gasteiger partial charge on any atom is 0.120 e. The summed E-state index contributed by atoms with van der Waals surface area (Å²) in [7, 11) is 1.89. The summed E-state index contributed by atoms with van der Waals surface area (Å²) in [6, 6.07) is 4.02. The Balaban J connectivity index is 2.74. The van der Waals surface area contributed by atoms with Crippen molar-refractivity contribution in [2.24, 2.45) is 7.05 Å². The second-order valence-corrected chi connectivity index (χ2v) is 3.07. The van der Waals surface area contributed by atoms with Crippen molar-refractivity contribution in [2.75, 3.05) is 6.61 Å². The van der Waals surface area contributed by atoms with Gasteiger partial charge in [-0.3, -0.25) is 0 Å². The van der Waals surface area contributed by atoms with E-state index in [0.29, 0.717) is 18.8 Å². The van der Waals surface area contributed by atoms with Crippen LogP contribution >= 0.6 is 0 Å². The summed E-state index contributed by atoms with van der Waals surface area (Å²) >= 11 is 0. The molecular formula is C10H15N3O. The maximum absolute atomic E-state index is 8.81. The van der Waals surface area contributed by atoms with Crippen LogP contribution in [-0.2, 0) is 18.4 Å². The van der Waals surface area contributed by atoms with E-state index in [0.717, 1.165) is 11.3 Å². The minimum absolute atomic E-state index is 0.634. The second-order valence-electron chi connectivity index (χ2n) is 3.07. The van der Waals surface area contributed by atoms with Gasteiger partial charge in [0.2, 0.25) is 0 Å². The zero-order valence-corrected chi connectivity index (χ0v) is 8.79. The quantitative estimate of drug-likeness (QED) is 0.578. The molecule has 0 aliphatic carbocycles. The van der Waals surface area contributed by atoms with E-state index in [2.05, 4.69) is 11.5 Å². The van der Waals surface area contributed by atoms with Gasteiger partial charge in [0.1, 0.15) is 11.8 Å². The third-order valence-corrected chi connectivity index (χ3v) is 2.26. The average Bonchev–Trinajstić information content (AvgIpc) is 2.46. The number of nitrogens with one attached hydrogen (secondary N) is 1. The summed E-state index contributed by atoms with van der Waals surface area (Å²) in [5.74, 6) is 0. The molecule has 0 fully saturated rings. The van der Waals surface area contributed by atoms with Crippen LogP contribution in [0.3, 0.4) is 0 Å². The molecule has 0 atom stereocenters. The molecular weight excluding hydrogens is 178 g/mol. The largest absolute Gasteiger partial charge is 0.340 e. The van der Waals surface area contributed by atoms with Gasteiger partial charge in [0.15, 0.2) is 0 Å². The summed E-state index contributed by atoms with van der Waals surface area (Å²) in [6.07, 6.45) is 0. The lowest BCUT2D eigenvalue weighted by atomic mass is 10.2. The molecule has 0 aliphatic rings. The van der Waals surface area contributed by atoms with E-state index in [-0.39, 0.29) is 0 Å². The molecule has 1 aromatic heterocycles. The van der Waals surface area contributed by atoms with Gasteiger partial charge < -0.3 is 9.40 Å². The average molecular weight is 193 g/mol. The Hall–Kier alpha value is -1.31. The number of nitrogens with zero attached hydrogens (tertiary/aromatic N) is 2. The molecule has 1 aromatic rings. The van der Waals surface area contributed by atoms with E-state index in [9.17, 15) is 0 Å². The Morgan fingerprint density at radius 1 is 1.64 bits per heavy atom. The highest BCUT2D eigenvalue weighted by Gasteiger charge is 2.07. The molecule has 0 aromatic carbocycles. The molecule has 0 spiro atoms. The molecule has 0 unspecified atom stereocenters. The van der Waals surface area contributed by atoms with Crippen LogP contribution in [-0.4, -0.2) is 11.2 Å². The van der Waals surface area contributed by atoms with Gasteiger partial charge in [-0.05, 0) is 25.5 Å². The minimum atomic E-state index is 0.634. The first-order valence-electron chi connectivity index (χ1n) is 4.60. The summed E-state index contributed by atoms with van der Waals surface area (Å²) < 4.78 is 1.88. The summed E-state index contributed by atoms with van der Waals surface area (Å²) in [6.45, 7) is 5.18. The van der Waals surface area contributed by atoms with Gasteiger partial charge in [-0.25, -0.2) is 0 Å². The Morgan fingerprint density at radius 3 is 2.86 bits per heavy atom. The lowest BCUT2D eigenvalue weighted by Crippen LogP contribution is -2.14. The number of hydroxylamine groups is 1. The highest BCUT2D eigenvalue weighted by atomic mass is 16.6. The third-order valence-electron chi connectivity index (χ3n) is 2.26. The van der Waals surface area contributed by atoms with Crippen molar-refractivity contribution in [3.05, 3.63) is 23.0 Å². The van der Waals surface area contributed by atoms with Crippen molar-refractivity contribution < 1.29 is 4.84 Å². The standard InChI is InChI=1S/C10H15N3O/c1-4-14-12-7-9-5-10(6-11)13(3)8(9)2/h5,12H,4,7H2,1-3H3. The third kappa shape index (κ3) is 2.13. The van der Waals surface area contributed by atoms with Crippen LogP contribution in [0.5, 0.6) is 0 Å². The van der Waals surface area contributed by atoms with Crippen molar-refractivity contribution in [3.8, 4) is 6.07 Å². The Labute approximate surface area is 84.1 Å². The predicted molar refractivity (Wildman–Crippen MR) is 53.3 cm³/mol. The molecule has 4 heteroatoms. The molecule has 76 valence electrons. The minimum Gasteiger partial charge on any atom is -0.340 e. The molecule has 0 saturated heterocycles. The van der Waals surface area contributed by atoms with Crippen LogP contribution in [0.25, 0.3) is 0 Å². The monoisotopic (exact) mass is 193 g/mol. The van der Waals surface area contributed by atoms with E-state index in [4.69, 9.17) is 10.1 Å². The van der Waals surface area contributed by atoms with Crippen molar-refractivity contribution in [2.45, 2.75) is 20.4 Å². The predicted octanol–water partition coefficient (Wildman–Crippen LogP) is 1.25. The van der Waals surface area contributed by atoms with Crippen LogP contribution in [0.4, 0.5) is 0 Å².